The number of hydrogen-bond acceptors (Lipinski definition) is 9. The second-order valence-electron chi connectivity index (χ2n) is 8.81. The van der Waals surface area contributed by atoms with Crippen LogP contribution in [0.3, 0.4) is 0 Å². The van der Waals surface area contributed by atoms with Gasteiger partial charge in [0.2, 0.25) is 12.5 Å². The number of hydrogen-bond donors (Lipinski definition) is 3. The van der Waals surface area contributed by atoms with Gasteiger partial charge in [-0.3, -0.25) is 13.8 Å². The number of carbonyl (C=O) groups excluding carboxylic acids is 1. The monoisotopic (exact) mass is 487 g/mol. The summed E-state index contributed by atoms with van der Waals surface area (Å²) in [5.41, 5.74) is 3.85. The van der Waals surface area contributed by atoms with Crippen molar-refractivity contribution in [3.05, 3.63) is 52.1 Å². The molecule has 1 fully saturated rings. The molecule has 0 spiro atoms. The number of ether oxygens (including phenoxy) is 2. The first-order chi connectivity index (χ1) is 16.1. The molecule has 1 unspecified atom stereocenters. The van der Waals surface area contributed by atoms with E-state index in [1.54, 1.807) is 18.2 Å². The predicted molar refractivity (Wildman–Crippen MR) is 118 cm³/mol. The van der Waals surface area contributed by atoms with Crippen molar-refractivity contribution in [2.45, 2.75) is 45.1 Å². The van der Waals surface area contributed by atoms with Crippen molar-refractivity contribution in [1.29, 1.82) is 0 Å². The lowest BCUT2D eigenvalue weighted by Gasteiger charge is -2.38. The van der Waals surface area contributed by atoms with Gasteiger partial charge in [-0.1, -0.05) is 0 Å². The maximum atomic E-state index is 13.4. The van der Waals surface area contributed by atoms with E-state index in [-0.39, 0.29) is 29.6 Å². The molecular weight excluding hydrogens is 465 g/mol. The molecule has 2 aromatic carbocycles. The minimum atomic E-state index is -4.12. The van der Waals surface area contributed by atoms with E-state index in [0.717, 1.165) is 16.7 Å². The predicted octanol–water partition coefficient (Wildman–Crippen LogP) is 2.89. The highest BCUT2D eigenvalue weighted by Crippen LogP contribution is 2.61. The SMILES string of the molecule is Cc1cc(OP2(=O)O[C@@H]3[C@H](O2)[C@@H](O)C=C2c4cc5c(c(O)c4C(=O)N[C@H]23)OCO5)cc(C)c1C. The van der Waals surface area contributed by atoms with Crippen molar-refractivity contribution in [2.24, 2.45) is 0 Å². The number of phenols is 1. The van der Waals surface area contributed by atoms with E-state index < -0.39 is 38.1 Å². The fraction of sp³-hybridized carbons (Fsp3) is 0.348. The molecule has 0 saturated carbocycles. The van der Waals surface area contributed by atoms with E-state index in [9.17, 15) is 19.6 Å². The van der Waals surface area contributed by atoms with Crippen LogP contribution in [0.5, 0.6) is 23.0 Å². The maximum absolute atomic E-state index is 13.4. The fourth-order valence-electron chi connectivity index (χ4n) is 4.84. The molecule has 0 aromatic heterocycles. The second kappa shape index (κ2) is 7.23. The van der Waals surface area contributed by atoms with Gasteiger partial charge in [0.05, 0.1) is 11.6 Å². The molecule has 0 radical (unpaired) electrons. The number of benzene rings is 2. The van der Waals surface area contributed by atoms with E-state index in [2.05, 4.69) is 5.32 Å². The number of carbonyl (C=O) groups is 1. The van der Waals surface area contributed by atoms with Gasteiger partial charge >= 0.3 is 7.82 Å². The molecule has 1 saturated heterocycles. The van der Waals surface area contributed by atoms with E-state index >= 15 is 0 Å². The first-order valence-electron chi connectivity index (χ1n) is 10.8. The summed E-state index contributed by atoms with van der Waals surface area (Å²) in [4.78, 5) is 12.9. The molecule has 10 nitrogen and oxygen atoms in total. The quantitative estimate of drug-likeness (QED) is 0.547. The number of aromatic hydroxyl groups is 1. The molecule has 3 aliphatic heterocycles. The number of rotatable bonds is 2. The summed E-state index contributed by atoms with van der Waals surface area (Å²) in [6.07, 6.45) is -1.73. The van der Waals surface area contributed by atoms with Crippen LogP contribution < -0.4 is 19.3 Å². The van der Waals surface area contributed by atoms with Crippen molar-refractivity contribution in [1.82, 2.24) is 5.32 Å². The molecule has 34 heavy (non-hydrogen) atoms. The summed E-state index contributed by atoms with van der Waals surface area (Å²) in [5, 5.41) is 24.2. The van der Waals surface area contributed by atoms with Crippen LogP contribution in [0.15, 0.2) is 24.3 Å². The smallest absolute Gasteiger partial charge is 0.504 e. The Morgan fingerprint density at radius 3 is 2.53 bits per heavy atom. The van der Waals surface area contributed by atoms with Crippen LogP contribution in [-0.4, -0.2) is 47.3 Å². The third-order valence-corrected chi connectivity index (χ3v) is 8.19. The van der Waals surface area contributed by atoms with Gasteiger partial charge in [-0.05, 0) is 67.3 Å². The van der Waals surface area contributed by atoms with Crippen molar-refractivity contribution in [3.63, 3.8) is 0 Å². The minimum Gasteiger partial charge on any atom is -0.504 e. The van der Waals surface area contributed by atoms with Crippen LogP contribution in [0, 0.1) is 20.8 Å². The van der Waals surface area contributed by atoms with Gasteiger partial charge in [0.15, 0.2) is 11.5 Å². The highest BCUT2D eigenvalue weighted by atomic mass is 31.2. The van der Waals surface area contributed by atoms with E-state index in [1.165, 1.54) is 6.08 Å². The molecule has 2 aromatic rings. The zero-order chi connectivity index (χ0) is 23.9. The van der Waals surface area contributed by atoms with Crippen molar-refractivity contribution in [2.75, 3.05) is 6.79 Å². The Bertz CT molecular complexity index is 1310. The minimum absolute atomic E-state index is 0.00125. The average molecular weight is 487 g/mol. The number of nitrogens with one attached hydrogen (secondary N) is 1. The van der Waals surface area contributed by atoms with Crippen LogP contribution in [0.1, 0.15) is 32.6 Å². The number of fused-ring (bicyclic) bond motifs is 6. The number of aliphatic hydroxyl groups excluding tert-OH is 1. The van der Waals surface area contributed by atoms with Gasteiger partial charge in [-0.2, -0.15) is 0 Å². The van der Waals surface area contributed by atoms with Gasteiger partial charge in [0.1, 0.15) is 24.1 Å². The summed E-state index contributed by atoms with van der Waals surface area (Å²) in [6.45, 7) is 5.72. The van der Waals surface area contributed by atoms with Crippen LogP contribution in [-0.2, 0) is 13.6 Å². The third kappa shape index (κ3) is 3.06. The fourth-order valence-corrected chi connectivity index (χ4v) is 6.43. The van der Waals surface area contributed by atoms with E-state index in [0.29, 0.717) is 16.9 Å². The molecule has 178 valence electrons. The second-order valence-corrected chi connectivity index (χ2v) is 10.3. The maximum Gasteiger partial charge on any atom is 0.530 e. The number of phosphoric acid groups is 1. The molecule has 0 bridgehead atoms. The van der Waals surface area contributed by atoms with Gasteiger partial charge in [0, 0.05) is 5.56 Å². The summed E-state index contributed by atoms with van der Waals surface area (Å²) in [7, 11) is -4.12. The van der Waals surface area contributed by atoms with Crippen molar-refractivity contribution >= 4 is 19.3 Å². The number of aliphatic hydroxyl groups is 1. The topological polar surface area (TPSA) is 133 Å². The van der Waals surface area contributed by atoms with Crippen LogP contribution in [0.25, 0.3) is 5.57 Å². The summed E-state index contributed by atoms with van der Waals surface area (Å²) in [6, 6.07) is 4.25. The normalized spacial score (nSPS) is 30.7. The molecule has 3 heterocycles. The van der Waals surface area contributed by atoms with Gasteiger partial charge in [-0.15, -0.1) is 0 Å². The lowest BCUT2D eigenvalue weighted by molar-refractivity contribution is 0.0296. The zero-order valence-electron chi connectivity index (χ0n) is 18.5. The number of phosphoric ester groups is 1. The third-order valence-electron chi connectivity index (χ3n) is 6.76. The highest BCUT2D eigenvalue weighted by Gasteiger charge is 2.57. The lowest BCUT2D eigenvalue weighted by atomic mass is 9.79. The largest absolute Gasteiger partial charge is 0.530 e. The molecule has 1 amide bonds. The molecule has 3 N–H and O–H groups in total. The number of amides is 1. The molecular formula is C23H22NO9P. The number of phenolic OH excluding ortho intramolecular Hbond substituents is 1. The molecule has 1 aliphatic carbocycles. The standard InChI is InChI=1S/C23H22NO9P/c1-9-4-12(5-10(2)11(9)3)31-34(28)32-20-15(25)6-14-13-7-16-21(30-8-29-16)19(26)17(13)23(27)24-18(14)22(20)33-34/h4-7,15,18,20,22,25-26H,8H2,1-3H3,(H,24,27)/t15-,18+,20+,22-,34?/m0/s1. The Hall–Kier alpha value is -3.04. The molecule has 4 aliphatic rings. The highest BCUT2D eigenvalue weighted by molar-refractivity contribution is 7.49. The van der Waals surface area contributed by atoms with Gasteiger partial charge in [-0.25, -0.2) is 4.57 Å². The Morgan fingerprint density at radius 1 is 1.09 bits per heavy atom. The van der Waals surface area contributed by atoms with Gasteiger partial charge < -0.3 is 29.5 Å². The average Bonchev–Trinajstić information content (AvgIpc) is 3.38. The first-order valence-corrected chi connectivity index (χ1v) is 12.2. The molecule has 6 rings (SSSR count). The van der Waals surface area contributed by atoms with E-state index in [1.807, 2.05) is 20.8 Å². The first kappa shape index (κ1) is 21.5. The van der Waals surface area contributed by atoms with Gasteiger partial charge in [0.25, 0.3) is 5.91 Å². The summed E-state index contributed by atoms with van der Waals surface area (Å²) in [5.74, 6) is -0.227. The Kier molecular flexibility index (Phi) is 4.57. The Balaban J connectivity index is 1.35. The lowest BCUT2D eigenvalue weighted by Crippen LogP contribution is -2.55. The van der Waals surface area contributed by atoms with Crippen molar-refractivity contribution in [3.8, 4) is 23.0 Å². The molecule has 5 atom stereocenters. The summed E-state index contributed by atoms with van der Waals surface area (Å²) >= 11 is 0. The number of aryl methyl sites for hydroxylation is 2. The van der Waals surface area contributed by atoms with Crippen LogP contribution in [0.4, 0.5) is 0 Å². The Morgan fingerprint density at radius 2 is 1.79 bits per heavy atom. The zero-order valence-corrected chi connectivity index (χ0v) is 19.4. The van der Waals surface area contributed by atoms with Crippen molar-refractivity contribution < 1.29 is 42.6 Å². The van der Waals surface area contributed by atoms with E-state index in [4.69, 9.17) is 23.0 Å². The molecule has 11 heteroatoms. The summed E-state index contributed by atoms with van der Waals surface area (Å²) < 4.78 is 41.1. The van der Waals surface area contributed by atoms with Crippen LogP contribution in [0.2, 0.25) is 0 Å². The van der Waals surface area contributed by atoms with Crippen LogP contribution >= 0.6 is 7.82 Å². The Labute approximate surface area is 194 Å².